The van der Waals surface area contributed by atoms with Crippen LogP contribution < -0.4 is 16.4 Å². The Hall–Kier alpha value is -1.14. The van der Waals surface area contributed by atoms with Gasteiger partial charge in [-0.05, 0) is 13.0 Å². The van der Waals surface area contributed by atoms with E-state index in [0.717, 1.165) is 13.0 Å². The van der Waals surface area contributed by atoms with Gasteiger partial charge in [0.25, 0.3) is 5.91 Å². The molecule has 6 nitrogen and oxygen atoms in total. The smallest absolute Gasteiger partial charge is 0.318 e. The topological polar surface area (TPSA) is 93.4 Å². The van der Waals surface area contributed by atoms with Gasteiger partial charge in [-0.15, -0.1) is 0 Å². The van der Waals surface area contributed by atoms with E-state index in [0.29, 0.717) is 13.2 Å². The van der Waals surface area contributed by atoms with E-state index < -0.39 is 11.9 Å². The van der Waals surface area contributed by atoms with Crippen LogP contribution in [0.25, 0.3) is 0 Å². The molecule has 0 aromatic heterocycles. The quantitative estimate of drug-likeness (QED) is 0.472. The summed E-state index contributed by atoms with van der Waals surface area (Å²) in [7, 11) is 0. The standard InChI is InChI=1S/C8H17N3O3/c1-2-3-10-4-5-14-6-7(12)11-8(9)13/h10H,2-6H2,1H3,(H3,9,11,12,13). The number of rotatable bonds is 7. The van der Waals surface area contributed by atoms with E-state index in [4.69, 9.17) is 10.5 Å². The number of ether oxygens (including phenoxy) is 1. The predicted octanol–water partition coefficient (Wildman–Crippen LogP) is -0.802. The Morgan fingerprint density at radius 3 is 2.64 bits per heavy atom. The molecule has 0 aliphatic heterocycles. The van der Waals surface area contributed by atoms with Gasteiger partial charge >= 0.3 is 6.03 Å². The second-order valence-corrected chi connectivity index (χ2v) is 2.72. The Kier molecular flexibility index (Phi) is 7.77. The molecule has 0 bridgehead atoms. The summed E-state index contributed by atoms with van der Waals surface area (Å²) in [5, 5.41) is 5.00. The van der Waals surface area contributed by atoms with Crippen molar-refractivity contribution in [2.45, 2.75) is 13.3 Å². The van der Waals surface area contributed by atoms with Crippen LogP contribution in [0, 0.1) is 0 Å². The minimum Gasteiger partial charge on any atom is -0.370 e. The van der Waals surface area contributed by atoms with Crippen molar-refractivity contribution in [3.8, 4) is 0 Å². The normalized spacial score (nSPS) is 9.79. The molecule has 0 heterocycles. The number of amides is 3. The second-order valence-electron chi connectivity index (χ2n) is 2.72. The van der Waals surface area contributed by atoms with E-state index in [1.54, 1.807) is 0 Å². The van der Waals surface area contributed by atoms with Gasteiger partial charge in [0.15, 0.2) is 0 Å². The van der Waals surface area contributed by atoms with Crippen LogP contribution in [0.4, 0.5) is 4.79 Å². The van der Waals surface area contributed by atoms with Crippen LogP contribution in [0.1, 0.15) is 13.3 Å². The lowest BCUT2D eigenvalue weighted by Gasteiger charge is -2.04. The first kappa shape index (κ1) is 12.9. The Bertz CT molecular complexity index is 185. The van der Waals surface area contributed by atoms with Crippen LogP contribution in [0.15, 0.2) is 0 Å². The van der Waals surface area contributed by atoms with Gasteiger partial charge in [-0.25, -0.2) is 4.79 Å². The Labute approximate surface area is 83.2 Å². The molecule has 0 fully saturated rings. The van der Waals surface area contributed by atoms with Gasteiger partial charge < -0.3 is 15.8 Å². The van der Waals surface area contributed by atoms with E-state index in [2.05, 4.69) is 12.2 Å². The third kappa shape index (κ3) is 8.95. The van der Waals surface area contributed by atoms with Gasteiger partial charge in [-0.2, -0.15) is 0 Å². The van der Waals surface area contributed by atoms with Crippen molar-refractivity contribution in [2.24, 2.45) is 5.73 Å². The van der Waals surface area contributed by atoms with E-state index >= 15 is 0 Å². The maximum absolute atomic E-state index is 10.8. The number of nitrogens with two attached hydrogens (primary N) is 1. The number of hydrogen-bond acceptors (Lipinski definition) is 4. The average Bonchev–Trinajstić information content (AvgIpc) is 2.10. The maximum Gasteiger partial charge on any atom is 0.318 e. The number of primary amides is 1. The molecule has 0 rings (SSSR count). The van der Waals surface area contributed by atoms with Gasteiger partial charge in [0.05, 0.1) is 6.61 Å². The molecule has 0 radical (unpaired) electrons. The molecular weight excluding hydrogens is 186 g/mol. The molecule has 0 saturated carbocycles. The van der Waals surface area contributed by atoms with Crippen LogP contribution in [-0.4, -0.2) is 38.2 Å². The van der Waals surface area contributed by atoms with E-state index in [1.165, 1.54) is 0 Å². The fourth-order valence-electron chi connectivity index (χ4n) is 0.784. The molecule has 0 aromatic carbocycles. The molecule has 0 unspecified atom stereocenters. The average molecular weight is 203 g/mol. The third-order valence-electron chi connectivity index (χ3n) is 1.35. The zero-order valence-corrected chi connectivity index (χ0v) is 8.34. The monoisotopic (exact) mass is 203 g/mol. The van der Waals surface area contributed by atoms with Gasteiger partial charge in [0.1, 0.15) is 6.61 Å². The largest absolute Gasteiger partial charge is 0.370 e. The van der Waals surface area contributed by atoms with Crippen LogP contribution in [0.5, 0.6) is 0 Å². The molecule has 0 saturated heterocycles. The molecule has 0 aliphatic rings. The van der Waals surface area contributed by atoms with Crippen LogP contribution in [0.2, 0.25) is 0 Å². The second kappa shape index (κ2) is 8.46. The summed E-state index contributed by atoms with van der Waals surface area (Å²) in [5.41, 5.74) is 4.72. The Morgan fingerprint density at radius 2 is 2.07 bits per heavy atom. The molecule has 0 spiro atoms. The minimum absolute atomic E-state index is 0.142. The summed E-state index contributed by atoms with van der Waals surface area (Å²) in [6, 6.07) is -0.859. The summed E-state index contributed by atoms with van der Waals surface area (Å²) >= 11 is 0. The fourth-order valence-corrected chi connectivity index (χ4v) is 0.784. The number of carbonyl (C=O) groups excluding carboxylic acids is 2. The third-order valence-corrected chi connectivity index (χ3v) is 1.35. The Morgan fingerprint density at radius 1 is 1.36 bits per heavy atom. The van der Waals surface area contributed by atoms with E-state index in [9.17, 15) is 9.59 Å². The van der Waals surface area contributed by atoms with E-state index in [-0.39, 0.29) is 6.61 Å². The summed E-state index contributed by atoms with van der Waals surface area (Å²) in [6.45, 7) is 3.98. The molecule has 0 aliphatic carbocycles. The molecule has 0 aromatic rings. The highest BCUT2D eigenvalue weighted by atomic mass is 16.5. The summed E-state index contributed by atoms with van der Waals surface area (Å²) in [4.78, 5) is 21.0. The molecule has 3 amide bonds. The lowest BCUT2D eigenvalue weighted by atomic mass is 10.5. The van der Waals surface area contributed by atoms with Crippen LogP contribution in [-0.2, 0) is 9.53 Å². The number of imide groups is 1. The summed E-state index contributed by atoms with van der Waals surface area (Å²) in [6.07, 6.45) is 1.06. The minimum atomic E-state index is -0.859. The zero-order valence-electron chi connectivity index (χ0n) is 8.34. The predicted molar refractivity (Wildman–Crippen MR) is 51.7 cm³/mol. The van der Waals surface area contributed by atoms with Crippen molar-refractivity contribution < 1.29 is 14.3 Å². The molecule has 6 heteroatoms. The first-order valence-electron chi connectivity index (χ1n) is 4.54. The van der Waals surface area contributed by atoms with Crippen molar-refractivity contribution in [3.05, 3.63) is 0 Å². The lowest BCUT2D eigenvalue weighted by molar-refractivity contribution is -0.124. The molecule has 82 valence electrons. The van der Waals surface area contributed by atoms with Gasteiger partial charge in [-0.1, -0.05) is 6.92 Å². The van der Waals surface area contributed by atoms with Crippen LogP contribution in [0.3, 0.4) is 0 Å². The zero-order chi connectivity index (χ0) is 10.8. The summed E-state index contributed by atoms with van der Waals surface area (Å²) in [5.74, 6) is -0.520. The van der Waals surface area contributed by atoms with Crippen molar-refractivity contribution in [1.82, 2.24) is 10.6 Å². The highest BCUT2D eigenvalue weighted by molar-refractivity contribution is 5.94. The molecule has 0 atom stereocenters. The highest BCUT2D eigenvalue weighted by Gasteiger charge is 2.02. The van der Waals surface area contributed by atoms with Gasteiger partial charge in [0.2, 0.25) is 0 Å². The fraction of sp³-hybridized carbons (Fsp3) is 0.750. The van der Waals surface area contributed by atoms with Crippen molar-refractivity contribution in [2.75, 3.05) is 26.3 Å². The van der Waals surface area contributed by atoms with Crippen LogP contribution >= 0.6 is 0 Å². The number of urea groups is 1. The van der Waals surface area contributed by atoms with Crippen molar-refractivity contribution >= 4 is 11.9 Å². The SMILES string of the molecule is CCCNCCOCC(=O)NC(N)=O. The molecule has 14 heavy (non-hydrogen) atoms. The highest BCUT2D eigenvalue weighted by Crippen LogP contribution is 1.75. The molecule has 4 N–H and O–H groups in total. The van der Waals surface area contributed by atoms with Gasteiger partial charge in [0, 0.05) is 6.54 Å². The number of hydrogen-bond donors (Lipinski definition) is 3. The molecular formula is C8H17N3O3. The van der Waals surface area contributed by atoms with E-state index in [1.807, 2.05) is 5.32 Å². The first-order valence-corrected chi connectivity index (χ1v) is 4.54. The number of nitrogens with one attached hydrogen (secondary N) is 2. The van der Waals surface area contributed by atoms with Gasteiger partial charge in [-0.3, -0.25) is 10.1 Å². The number of carbonyl (C=O) groups is 2. The first-order chi connectivity index (χ1) is 6.66. The van der Waals surface area contributed by atoms with Crippen molar-refractivity contribution in [3.63, 3.8) is 0 Å². The van der Waals surface area contributed by atoms with Crippen molar-refractivity contribution in [1.29, 1.82) is 0 Å². The summed E-state index contributed by atoms with van der Waals surface area (Å²) < 4.78 is 4.96. The lowest BCUT2D eigenvalue weighted by Crippen LogP contribution is -2.37. The Balaban J connectivity index is 3.19. The maximum atomic E-state index is 10.8.